The van der Waals surface area contributed by atoms with Gasteiger partial charge in [0.05, 0.1) is 12.3 Å². The number of rotatable bonds is 11. The summed E-state index contributed by atoms with van der Waals surface area (Å²) >= 11 is 0. The Morgan fingerprint density at radius 1 is 1.27 bits per heavy atom. The average molecular weight is 415 g/mol. The quantitative estimate of drug-likeness (QED) is 0.384. The number of Topliss-reactive ketones (excluding diaryl/α,β-unsaturated/α-hetero) is 1. The van der Waals surface area contributed by atoms with Crippen molar-refractivity contribution in [1.82, 2.24) is 10.3 Å². The molecular formula is C22H29N3O5. The number of esters is 1. The van der Waals surface area contributed by atoms with E-state index in [1.807, 2.05) is 31.3 Å². The number of methoxy groups -OCH3 is 1. The SMILES string of the molecule is CO[C@@H](Cc1c[nH]c2cc(C)ccc12)C(=O)N[C@@H](CCC(=O)C=N)C(=O)OC(C)C. The van der Waals surface area contributed by atoms with Gasteiger partial charge in [-0.2, -0.15) is 0 Å². The molecule has 0 aliphatic heterocycles. The molecule has 8 heteroatoms. The van der Waals surface area contributed by atoms with Crippen LogP contribution in [-0.4, -0.2) is 54.2 Å². The standard InChI is InChI=1S/C22H29N3O5/c1-13(2)30-22(28)18(8-6-16(26)11-23)25-21(27)20(29-4)10-15-12-24-19-9-14(3)5-7-17(15)19/h5,7,9,11-13,18,20,23-24H,6,8,10H2,1-4H3,(H,25,27)/t18-,20-/m0/s1. The molecule has 162 valence electrons. The number of benzene rings is 1. The van der Waals surface area contributed by atoms with Crippen LogP contribution < -0.4 is 5.32 Å². The third-order valence-electron chi connectivity index (χ3n) is 4.70. The highest BCUT2D eigenvalue weighted by molar-refractivity contribution is 6.26. The maximum atomic E-state index is 12.8. The fourth-order valence-electron chi connectivity index (χ4n) is 3.14. The highest BCUT2D eigenvalue weighted by atomic mass is 16.5. The molecule has 1 amide bonds. The zero-order valence-corrected chi connectivity index (χ0v) is 17.8. The third kappa shape index (κ3) is 6.25. The van der Waals surface area contributed by atoms with E-state index in [9.17, 15) is 14.4 Å². The molecule has 0 bridgehead atoms. The lowest BCUT2D eigenvalue weighted by molar-refractivity contribution is -0.152. The van der Waals surface area contributed by atoms with Crippen LogP contribution in [0, 0.1) is 12.3 Å². The summed E-state index contributed by atoms with van der Waals surface area (Å²) in [5, 5.41) is 10.6. The fourth-order valence-corrected chi connectivity index (χ4v) is 3.14. The van der Waals surface area contributed by atoms with Gasteiger partial charge in [-0.15, -0.1) is 0 Å². The van der Waals surface area contributed by atoms with Crippen LogP contribution in [0.25, 0.3) is 10.9 Å². The van der Waals surface area contributed by atoms with E-state index in [1.54, 1.807) is 13.8 Å². The molecular weight excluding hydrogens is 386 g/mol. The normalized spacial score (nSPS) is 13.1. The highest BCUT2D eigenvalue weighted by Gasteiger charge is 2.28. The first-order chi connectivity index (χ1) is 14.2. The number of aromatic nitrogens is 1. The second-order valence-corrected chi connectivity index (χ2v) is 7.49. The number of H-pyrrole nitrogens is 1. The Morgan fingerprint density at radius 2 is 2.00 bits per heavy atom. The number of fused-ring (bicyclic) bond motifs is 1. The molecule has 0 radical (unpaired) electrons. The van der Waals surface area contributed by atoms with E-state index in [0.717, 1.165) is 22.0 Å². The first-order valence-corrected chi connectivity index (χ1v) is 9.88. The summed E-state index contributed by atoms with van der Waals surface area (Å²) < 4.78 is 10.6. The molecule has 2 rings (SSSR count). The number of ketones is 1. The van der Waals surface area contributed by atoms with Crippen molar-refractivity contribution >= 4 is 34.8 Å². The summed E-state index contributed by atoms with van der Waals surface area (Å²) in [7, 11) is 1.43. The van der Waals surface area contributed by atoms with E-state index in [-0.39, 0.29) is 18.9 Å². The first-order valence-electron chi connectivity index (χ1n) is 9.88. The molecule has 0 saturated heterocycles. The van der Waals surface area contributed by atoms with Gasteiger partial charge in [0.2, 0.25) is 5.91 Å². The maximum Gasteiger partial charge on any atom is 0.328 e. The smallest absolute Gasteiger partial charge is 0.328 e. The molecule has 0 aliphatic rings. The van der Waals surface area contributed by atoms with Gasteiger partial charge >= 0.3 is 5.97 Å². The summed E-state index contributed by atoms with van der Waals surface area (Å²) in [6.07, 6.45) is 1.69. The Morgan fingerprint density at radius 3 is 2.63 bits per heavy atom. The number of carbonyl (C=O) groups is 3. The van der Waals surface area contributed by atoms with Gasteiger partial charge in [0, 0.05) is 37.1 Å². The zero-order chi connectivity index (χ0) is 22.3. The molecule has 3 N–H and O–H groups in total. The Hall–Kier alpha value is -3.00. The zero-order valence-electron chi connectivity index (χ0n) is 17.8. The lowest BCUT2D eigenvalue weighted by Gasteiger charge is -2.22. The largest absolute Gasteiger partial charge is 0.461 e. The van der Waals surface area contributed by atoms with Crippen LogP contribution in [0.5, 0.6) is 0 Å². The molecule has 0 saturated carbocycles. The number of aryl methyl sites for hydroxylation is 1. The number of amides is 1. The monoisotopic (exact) mass is 415 g/mol. The number of hydrogen-bond acceptors (Lipinski definition) is 6. The molecule has 0 spiro atoms. The van der Waals surface area contributed by atoms with Crippen LogP contribution in [0.4, 0.5) is 0 Å². The van der Waals surface area contributed by atoms with E-state index in [1.165, 1.54) is 7.11 Å². The van der Waals surface area contributed by atoms with Crippen LogP contribution in [-0.2, 0) is 30.3 Å². The molecule has 30 heavy (non-hydrogen) atoms. The summed E-state index contributed by atoms with van der Waals surface area (Å²) in [5.74, 6) is -1.51. The molecule has 1 aromatic heterocycles. The topological polar surface area (TPSA) is 121 Å². The van der Waals surface area contributed by atoms with Crippen molar-refractivity contribution in [3.05, 3.63) is 35.5 Å². The number of ether oxygens (including phenoxy) is 2. The third-order valence-corrected chi connectivity index (χ3v) is 4.70. The molecule has 1 aromatic carbocycles. The summed E-state index contributed by atoms with van der Waals surface area (Å²) in [4.78, 5) is 39.9. The second kappa shape index (κ2) is 10.7. The molecule has 2 aromatic rings. The van der Waals surface area contributed by atoms with Crippen LogP contribution in [0.1, 0.15) is 37.8 Å². The van der Waals surface area contributed by atoms with Gasteiger partial charge < -0.3 is 25.2 Å². The predicted octanol–water partition coefficient (Wildman–Crippen LogP) is 2.47. The van der Waals surface area contributed by atoms with Crippen LogP contribution >= 0.6 is 0 Å². The van der Waals surface area contributed by atoms with Crippen molar-refractivity contribution in [2.45, 2.75) is 58.3 Å². The maximum absolute atomic E-state index is 12.8. The van der Waals surface area contributed by atoms with E-state index >= 15 is 0 Å². The summed E-state index contributed by atoms with van der Waals surface area (Å²) in [5.41, 5.74) is 3.03. The number of hydrogen-bond donors (Lipinski definition) is 3. The van der Waals surface area contributed by atoms with Crippen molar-refractivity contribution in [2.75, 3.05) is 7.11 Å². The molecule has 1 heterocycles. The Labute approximate surface area is 175 Å². The van der Waals surface area contributed by atoms with Gasteiger partial charge in [0.1, 0.15) is 12.1 Å². The number of carbonyl (C=O) groups excluding carboxylic acids is 3. The molecule has 0 aliphatic carbocycles. The molecule has 8 nitrogen and oxygen atoms in total. The van der Waals surface area contributed by atoms with Crippen molar-refractivity contribution in [1.29, 1.82) is 5.41 Å². The van der Waals surface area contributed by atoms with Gasteiger partial charge in [-0.25, -0.2) is 4.79 Å². The van der Waals surface area contributed by atoms with Crippen LogP contribution in [0.15, 0.2) is 24.4 Å². The van der Waals surface area contributed by atoms with Crippen molar-refractivity contribution < 1.29 is 23.9 Å². The minimum atomic E-state index is -0.993. The van der Waals surface area contributed by atoms with E-state index in [0.29, 0.717) is 12.6 Å². The van der Waals surface area contributed by atoms with Crippen LogP contribution in [0.2, 0.25) is 0 Å². The van der Waals surface area contributed by atoms with Gasteiger partial charge in [-0.3, -0.25) is 9.59 Å². The molecule has 0 unspecified atom stereocenters. The van der Waals surface area contributed by atoms with Gasteiger partial charge in [0.15, 0.2) is 5.78 Å². The fraction of sp³-hybridized carbons (Fsp3) is 0.455. The summed E-state index contributed by atoms with van der Waals surface area (Å²) in [6, 6.07) is 5.03. The van der Waals surface area contributed by atoms with Gasteiger partial charge in [0.25, 0.3) is 0 Å². The molecule has 0 fully saturated rings. The van der Waals surface area contributed by atoms with E-state index in [4.69, 9.17) is 14.9 Å². The van der Waals surface area contributed by atoms with Crippen molar-refractivity contribution in [2.24, 2.45) is 0 Å². The van der Waals surface area contributed by atoms with Gasteiger partial charge in [-0.1, -0.05) is 12.1 Å². The summed E-state index contributed by atoms with van der Waals surface area (Å²) in [6.45, 7) is 5.41. The Balaban J connectivity index is 2.12. The predicted molar refractivity (Wildman–Crippen MR) is 114 cm³/mol. The number of nitrogens with one attached hydrogen (secondary N) is 3. The number of aromatic amines is 1. The minimum absolute atomic E-state index is 0.0406. The first kappa shape index (κ1) is 23.3. The lowest BCUT2D eigenvalue weighted by atomic mass is 10.0. The van der Waals surface area contributed by atoms with Crippen molar-refractivity contribution in [3.8, 4) is 0 Å². The van der Waals surface area contributed by atoms with E-state index < -0.39 is 29.8 Å². The van der Waals surface area contributed by atoms with Gasteiger partial charge in [-0.05, 0) is 44.4 Å². The molecule has 2 atom stereocenters. The van der Waals surface area contributed by atoms with Crippen molar-refractivity contribution in [3.63, 3.8) is 0 Å². The Bertz CT molecular complexity index is 919. The lowest BCUT2D eigenvalue weighted by Crippen LogP contribution is -2.48. The Kier molecular flexibility index (Phi) is 8.29. The van der Waals surface area contributed by atoms with E-state index in [2.05, 4.69) is 10.3 Å². The average Bonchev–Trinajstić information content (AvgIpc) is 3.09. The van der Waals surface area contributed by atoms with Crippen LogP contribution in [0.3, 0.4) is 0 Å². The minimum Gasteiger partial charge on any atom is -0.461 e. The highest BCUT2D eigenvalue weighted by Crippen LogP contribution is 2.21. The second-order valence-electron chi connectivity index (χ2n) is 7.49.